The Labute approximate surface area is 240 Å². The lowest BCUT2D eigenvalue weighted by molar-refractivity contribution is -0.440. The molecule has 0 saturated heterocycles. The first-order chi connectivity index (χ1) is 20.2. The molecule has 4 nitrogen and oxygen atoms in total. The van der Waals surface area contributed by atoms with E-state index < -0.39 is 78.4 Å². The van der Waals surface area contributed by atoms with Crippen molar-refractivity contribution in [3.63, 3.8) is 0 Å². The maximum absolute atomic E-state index is 14.7. The van der Waals surface area contributed by atoms with E-state index >= 15 is 0 Å². The molecule has 44 heavy (non-hydrogen) atoms. The van der Waals surface area contributed by atoms with Gasteiger partial charge < -0.3 is 9.47 Å². The van der Waals surface area contributed by atoms with Crippen LogP contribution in [0.4, 0.5) is 57.1 Å². The molecule has 2 atom stereocenters. The van der Waals surface area contributed by atoms with Crippen LogP contribution in [0.2, 0.25) is 0 Å². The molecule has 4 rings (SSSR count). The van der Waals surface area contributed by atoms with Gasteiger partial charge in [0.1, 0.15) is 31.2 Å². The number of hydrogen-bond donors (Lipinski definition) is 0. The summed E-state index contributed by atoms with van der Waals surface area (Å²) in [6, 6.07) is 14.9. The van der Waals surface area contributed by atoms with Gasteiger partial charge >= 0.3 is 35.8 Å². The van der Waals surface area contributed by atoms with Crippen LogP contribution in [-0.2, 0) is 9.47 Å². The van der Waals surface area contributed by atoms with Crippen molar-refractivity contribution in [2.24, 2.45) is 15.9 Å². The fraction of sp³-hybridized carbons (Fsp3) is 0.481. The molecule has 0 aliphatic carbocycles. The summed E-state index contributed by atoms with van der Waals surface area (Å²) in [5.41, 5.74) is 1.14. The van der Waals surface area contributed by atoms with Crippen molar-refractivity contribution in [1.29, 1.82) is 0 Å². The lowest BCUT2D eigenvalue weighted by Crippen LogP contribution is -2.70. The van der Waals surface area contributed by atoms with Gasteiger partial charge in [-0.3, -0.25) is 0 Å². The SMILES string of the molecule is FC(F)(F)C(F)(F)C(F)(F)C(F)(F)C(F)(F)C(F)(F)CCC(C1=N[C@@H](c2ccccc2)CO1)C1=N[C@@H](c2ccccc2)CO1. The summed E-state index contributed by atoms with van der Waals surface area (Å²) in [4.78, 5) is 8.44. The van der Waals surface area contributed by atoms with Crippen LogP contribution in [0.15, 0.2) is 70.6 Å². The number of rotatable bonds is 11. The Morgan fingerprint density at radius 3 is 1.34 bits per heavy atom. The van der Waals surface area contributed by atoms with Gasteiger partial charge in [-0.25, -0.2) is 9.98 Å². The summed E-state index contributed by atoms with van der Waals surface area (Å²) in [5.74, 6) is -39.8. The van der Waals surface area contributed by atoms with Gasteiger partial charge in [0.25, 0.3) is 0 Å². The molecule has 2 aromatic carbocycles. The number of alkyl halides is 13. The quantitative estimate of drug-likeness (QED) is 0.229. The Hall–Kier alpha value is -3.53. The second-order valence-corrected chi connectivity index (χ2v) is 10.0. The third kappa shape index (κ3) is 5.69. The molecule has 0 bridgehead atoms. The molecule has 0 unspecified atom stereocenters. The third-order valence-corrected chi connectivity index (χ3v) is 7.05. The van der Waals surface area contributed by atoms with Gasteiger partial charge in [0.05, 0.1) is 0 Å². The maximum atomic E-state index is 14.7. The van der Waals surface area contributed by atoms with Gasteiger partial charge in [0, 0.05) is 6.42 Å². The molecule has 2 aliphatic rings. The smallest absolute Gasteiger partial charge is 0.460 e. The topological polar surface area (TPSA) is 43.2 Å². The van der Waals surface area contributed by atoms with Crippen molar-refractivity contribution < 1.29 is 66.5 Å². The van der Waals surface area contributed by atoms with Crippen LogP contribution < -0.4 is 0 Å². The van der Waals surface area contributed by atoms with E-state index in [-0.39, 0.29) is 13.2 Å². The highest BCUT2D eigenvalue weighted by Gasteiger charge is 2.90. The van der Waals surface area contributed by atoms with Gasteiger partial charge in [-0.05, 0) is 17.5 Å². The Kier molecular flexibility index (Phi) is 8.67. The lowest BCUT2D eigenvalue weighted by atomic mass is 9.90. The molecule has 0 spiro atoms. The van der Waals surface area contributed by atoms with Crippen LogP contribution in [0.1, 0.15) is 36.1 Å². The zero-order valence-corrected chi connectivity index (χ0v) is 22.0. The number of benzene rings is 2. The van der Waals surface area contributed by atoms with Crippen LogP contribution >= 0.6 is 0 Å². The minimum Gasteiger partial charge on any atom is -0.478 e. The standard InChI is InChI=1S/C27H21F13N2O2/c28-22(29,23(30,31)24(32,33)25(34,35)26(36,37)27(38,39)40)12-11-17(20-41-18(13-43-20)15-7-3-1-4-8-15)21-42-19(14-44-21)16-9-5-2-6-10-16/h1-10,17-19H,11-14H2/t18-,19-/m1/s1. The predicted molar refractivity (Wildman–Crippen MR) is 129 cm³/mol. The molecule has 0 saturated carbocycles. The summed E-state index contributed by atoms with van der Waals surface area (Å²) in [7, 11) is 0. The van der Waals surface area contributed by atoms with Crippen molar-refractivity contribution in [3.05, 3.63) is 71.8 Å². The van der Waals surface area contributed by atoms with Gasteiger partial charge in [0.15, 0.2) is 11.8 Å². The van der Waals surface area contributed by atoms with Gasteiger partial charge in [0.2, 0.25) is 0 Å². The van der Waals surface area contributed by atoms with Crippen molar-refractivity contribution in [1.82, 2.24) is 0 Å². The minimum atomic E-state index is -7.96. The van der Waals surface area contributed by atoms with Crippen LogP contribution in [0.3, 0.4) is 0 Å². The Bertz CT molecular complexity index is 1300. The van der Waals surface area contributed by atoms with Crippen LogP contribution in [0.25, 0.3) is 0 Å². The molecule has 0 N–H and O–H groups in total. The average Bonchev–Trinajstić information content (AvgIpc) is 3.64. The number of nitrogens with zero attached hydrogens (tertiary/aromatic N) is 2. The predicted octanol–water partition coefficient (Wildman–Crippen LogP) is 8.46. The first kappa shape index (κ1) is 33.4. The molecule has 2 aromatic rings. The van der Waals surface area contributed by atoms with E-state index in [2.05, 4.69) is 9.98 Å². The van der Waals surface area contributed by atoms with Crippen molar-refractivity contribution in [2.75, 3.05) is 13.2 Å². The summed E-state index contributed by atoms with van der Waals surface area (Å²) in [6.45, 7) is -0.372. The van der Waals surface area contributed by atoms with Crippen molar-refractivity contribution >= 4 is 11.8 Å². The zero-order chi connectivity index (χ0) is 32.8. The van der Waals surface area contributed by atoms with E-state index in [0.29, 0.717) is 11.1 Å². The number of ether oxygens (including phenoxy) is 2. The minimum absolute atomic E-state index is 0.186. The van der Waals surface area contributed by atoms with E-state index in [1.54, 1.807) is 60.7 Å². The number of hydrogen-bond acceptors (Lipinski definition) is 4. The zero-order valence-electron chi connectivity index (χ0n) is 22.0. The molecule has 0 amide bonds. The first-order valence-corrected chi connectivity index (χ1v) is 12.7. The highest BCUT2D eigenvalue weighted by molar-refractivity contribution is 6.01. The molecule has 2 heterocycles. The van der Waals surface area contributed by atoms with Crippen LogP contribution in [-0.4, -0.2) is 60.8 Å². The van der Waals surface area contributed by atoms with E-state index in [4.69, 9.17) is 9.47 Å². The summed E-state index contributed by atoms with van der Waals surface area (Å²) in [5, 5.41) is 0. The Balaban J connectivity index is 1.65. The number of aliphatic imine (C=N–C) groups is 2. The van der Waals surface area contributed by atoms with E-state index in [9.17, 15) is 57.1 Å². The fourth-order valence-electron chi connectivity index (χ4n) is 4.50. The van der Waals surface area contributed by atoms with Crippen LogP contribution in [0.5, 0.6) is 0 Å². The van der Waals surface area contributed by atoms with Crippen molar-refractivity contribution in [2.45, 2.75) is 60.7 Å². The average molecular weight is 652 g/mol. The Morgan fingerprint density at radius 1 is 0.568 bits per heavy atom. The highest BCUT2D eigenvalue weighted by atomic mass is 19.4. The molecule has 0 fully saturated rings. The Morgan fingerprint density at radius 2 is 0.955 bits per heavy atom. The third-order valence-electron chi connectivity index (χ3n) is 7.05. The molecule has 0 radical (unpaired) electrons. The van der Waals surface area contributed by atoms with Gasteiger partial charge in [-0.15, -0.1) is 0 Å². The fourth-order valence-corrected chi connectivity index (χ4v) is 4.50. The molecule has 242 valence electrons. The second kappa shape index (κ2) is 11.4. The van der Waals surface area contributed by atoms with Crippen LogP contribution in [0, 0.1) is 5.92 Å². The monoisotopic (exact) mass is 652 g/mol. The molecule has 2 aliphatic heterocycles. The van der Waals surface area contributed by atoms with Gasteiger partial charge in [-0.2, -0.15) is 57.1 Å². The normalized spacial score (nSPS) is 20.3. The van der Waals surface area contributed by atoms with Gasteiger partial charge in [-0.1, -0.05) is 60.7 Å². The summed E-state index contributed by atoms with van der Waals surface area (Å²) < 4.78 is 188. The molecule has 0 aromatic heterocycles. The second-order valence-electron chi connectivity index (χ2n) is 10.0. The van der Waals surface area contributed by atoms with E-state index in [1.807, 2.05) is 0 Å². The molecular weight excluding hydrogens is 631 g/mol. The summed E-state index contributed by atoms with van der Waals surface area (Å²) in [6.07, 6.45) is -11.2. The van der Waals surface area contributed by atoms with E-state index in [0.717, 1.165) is 0 Å². The van der Waals surface area contributed by atoms with E-state index in [1.165, 1.54) is 0 Å². The lowest BCUT2D eigenvalue weighted by Gasteiger charge is -2.40. The first-order valence-electron chi connectivity index (χ1n) is 12.7. The molecular formula is C27H21F13N2O2. The number of halogens is 13. The largest absolute Gasteiger partial charge is 0.478 e. The highest BCUT2D eigenvalue weighted by Crippen LogP contribution is 2.61. The molecule has 17 heteroatoms. The maximum Gasteiger partial charge on any atom is 0.460 e. The summed E-state index contributed by atoms with van der Waals surface area (Å²) >= 11 is 0. The van der Waals surface area contributed by atoms with Crippen molar-refractivity contribution in [3.8, 4) is 0 Å².